The molecule has 1 N–H and O–H groups in total. The molecule has 37 heavy (non-hydrogen) atoms. The number of rotatable bonds is 14. The average molecular weight is 530 g/mol. The van der Waals surface area contributed by atoms with Crippen molar-refractivity contribution in [1.29, 1.82) is 0 Å². The molecule has 2 aromatic carbocycles. The Morgan fingerprint density at radius 3 is 2.19 bits per heavy atom. The number of sulfonamides is 1. The Kier molecular flexibility index (Phi) is 10.0. The van der Waals surface area contributed by atoms with Gasteiger partial charge in [0.05, 0.1) is 22.6 Å². The lowest BCUT2D eigenvalue weighted by atomic mass is 10.1. The molecule has 2 amide bonds. The molecule has 9 heteroatoms. The van der Waals surface area contributed by atoms with Crippen LogP contribution in [0.3, 0.4) is 0 Å². The summed E-state index contributed by atoms with van der Waals surface area (Å²) in [6, 6.07) is 14.0. The van der Waals surface area contributed by atoms with Gasteiger partial charge in [-0.25, -0.2) is 13.1 Å². The maximum absolute atomic E-state index is 12.6. The fourth-order valence-corrected chi connectivity index (χ4v) is 5.74. The molecular formula is C28H39N3O5S. The van der Waals surface area contributed by atoms with Crippen molar-refractivity contribution in [2.75, 3.05) is 33.4 Å². The van der Waals surface area contributed by atoms with Gasteiger partial charge in [-0.2, -0.15) is 0 Å². The highest BCUT2D eigenvalue weighted by Crippen LogP contribution is 2.23. The van der Waals surface area contributed by atoms with Crippen LogP contribution in [0.1, 0.15) is 72.7 Å². The molecule has 8 nitrogen and oxygen atoms in total. The third-order valence-electron chi connectivity index (χ3n) is 6.02. The number of likely N-dealkylation sites (N-methyl/N-ethyl adjacent to an activating group) is 1. The fourth-order valence-electron chi connectivity index (χ4n) is 4.26. The lowest BCUT2D eigenvalue weighted by Gasteiger charge is -2.21. The minimum absolute atomic E-state index is 0.192. The molecule has 1 aliphatic rings. The maximum Gasteiger partial charge on any atom is 0.261 e. The average Bonchev–Trinajstić information content (AvgIpc) is 3.06. The molecule has 0 aromatic heterocycles. The van der Waals surface area contributed by atoms with Crippen molar-refractivity contribution in [2.45, 2.75) is 63.4 Å². The standard InChI is InChI=1S/C28H39N3O5S/c1-28(2,3)29-37(34,35)23-13-11-12-22(20-23)21-30(4)17-19-36-18-10-6-5-9-16-31-26(32)24-14-7-8-15-25(24)27(31)33/h7-8,11-15,20,29H,5-6,9-10,16-19,21H2,1-4H3. The summed E-state index contributed by atoms with van der Waals surface area (Å²) in [5.74, 6) is -0.383. The summed E-state index contributed by atoms with van der Waals surface area (Å²) in [4.78, 5) is 28.5. The van der Waals surface area contributed by atoms with Crippen LogP contribution >= 0.6 is 0 Å². The van der Waals surface area contributed by atoms with Gasteiger partial charge in [-0.3, -0.25) is 19.4 Å². The largest absolute Gasteiger partial charge is 0.380 e. The van der Waals surface area contributed by atoms with Crippen LogP contribution in [-0.2, 0) is 21.3 Å². The first-order valence-corrected chi connectivity index (χ1v) is 14.3. The van der Waals surface area contributed by atoms with Crippen LogP contribution in [0.25, 0.3) is 0 Å². The predicted molar refractivity (Wildman–Crippen MR) is 144 cm³/mol. The molecule has 0 saturated carbocycles. The number of nitrogens with one attached hydrogen (secondary N) is 1. The molecule has 0 bridgehead atoms. The summed E-state index contributed by atoms with van der Waals surface area (Å²) in [7, 11) is -1.58. The highest BCUT2D eigenvalue weighted by Gasteiger charge is 2.34. The van der Waals surface area contributed by atoms with Crippen molar-refractivity contribution in [2.24, 2.45) is 0 Å². The van der Waals surface area contributed by atoms with Crippen molar-refractivity contribution in [3.05, 3.63) is 65.2 Å². The van der Waals surface area contributed by atoms with E-state index in [-0.39, 0.29) is 16.7 Å². The van der Waals surface area contributed by atoms with E-state index < -0.39 is 15.6 Å². The van der Waals surface area contributed by atoms with E-state index in [1.165, 1.54) is 4.90 Å². The smallest absolute Gasteiger partial charge is 0.261 e. The Hall–Kier alpha value is -2.59. The first-order chi connectivity index (χ1) is 17.5. The molecule has 3 rings (SSSR count). The predicted octanol–water partition coefficient (Wildman–Crippen LogP) is 4.07. The number of hydrogen-bond acceptors (Lipinski definition) is 6. The van der Waals surface area contributed by atoms with Crippen molar-refractivity contribution < 1.29 is 22.7 Å². The Morgan fingerprint density at radius 1 is 0.892 bits per heavy atom. The number of imide groups is 1. The number of unbranched alkanes of at least 4 members (excludes halogenated alkanes) is 3. The molecule has 1 aliphatic heterocycles. The molecular weight excluding hydrogens is 490 g/mol. The molecule has 0 unspecified atom stereocenters. The Labute approximate surface area is 221 Å². The van der Waals surface area contributed by atoms with E-state index in [0.29, 0.717) is 37.4 Å². The van der Waals surface area contributed by atoms with Gasteiger partial charge in [0.2, 0.25) is 10.0 Å². The summed E-state index contributed by atoms with van der Waals surface area (Å²) in [6.07, 6.45) is 3.61. The minimum atomic E-state index is -3.56. The maximum atomic E-state index is 12.6. The second-order valence-electron chi connectivity index (χ2n) is 10.6. The zero-order chi connectivity index (χ0) is 27.1. The number of amides is 2. The highest BCUT2D eigenvalue weighted by molar-refractivity contribution is 7.89. The normalized spacial score (nSPS) is 14.0. The first-order valence-electron chi connectivity index (χ1n) is 12.8. The van der Waals surface area contributed by atoms with Crippen molar-refractivity contribution in [3.8, 4) is 0 Å². The summed E-state index contributed by atoms with van der Waals surface area (Å²) in [5.41, 5.74) is 1.39. The quantitative estimate of drug-likeness (QED) is 0.293. The van der Waals surface area contributed by atoms with E-state index in [1.54, 1.807) is 42.5 Å². The summed E-state index contributed by atoms with van der Waals surface area (Å²) >= 11 is 0. The van der Waals surface area contributed by atoms with Crippen LogP contribution in [0.2, 0.25) is 0 Å². The van der Waals surface area contributed by atoms with Crippen LogP contribution in [0.5, 0.6) is 0 Å². The van der Waals surface area contributed by atoms with E-state index in [1.807, 2.05) is 33.9 Å². The number of fused-ring (bicyclic) bond motifs is 1. The number of benzene rings is 2. The Bertz CT molecular complexity index is 1160. The van der Waals surface area contributed by atoms with E-state index >= 15 is 0 Å². The van der Waals surface area contributed by atoms with Gasteiger partial charge in [-0.1, -0.05) is 37.1 Å². The zero-order valence-corrected chi connectivity index (χ0v) is 23.1. The SMILES string of the molecule is CN(CCOCCCCCCN1C(=O)c2ccccc2C1=O)Cc1cccc(S(=O)(=O)NC(C)(C)C)c1. The number of nitrogens with zero attached hydrogens (tertiary/aromatic N) is 2. The molecule has 0 atom stereocenters. The van der Waals surface area contributed by atoms with Crippen LogP contribution in [0.15, 0.2) is 53.4 Å². The fraction of sp³-hybridized carbons (Fsp3) is 0.500. The van der Waals surface area contributed by atoms with Gasteiger partial charge in [-0.15, -0.1) is 0 Å². The highest BCUT2D eigenvalue weighted by atomic mass is 32.2. The number of carbonyl (C=O) groups is 2. The molecule has 0 saturated heterocycles. The molecule has 0 radical (unpaired) electrons. The second kappa shape index (κ2) is 12.8. The van der Waals surface area contributed by atoms with Gasteiger partial charge in [0.1, 0.15) is 0 Å². The van der Waals surface area contributed by atoms with Crippen molar-refractivity contribution >= 4 is 21.8 Å². The monoisotopic (exact) mass is 529 g/mol. The first kappa shape index (κ1) is 29.0. The van der Waals surface area contributed by atoms with Gasteiger partial charge < -0.3 is 4.74 Å². The van der Waals surface area contributed by atoms with Crippen LogP contribution in [-0.4, -0.2) is 68.9 Å². The van der Waals surface area contributed by atoms with Crippen LogP contribution in [0.4, 0.5) is 0 Å². The van der Waals surface area contributed by atoms with Gasteiger partial charge >= 0.3 is 0 Å². The number of carbonyl (C=O) groups excluding carboxylic acids is 2. The zero-order valence-electron chi connectivity index (χ0n) is 22.3. The molecule has 202 valence electrons. The Morgan fingerprint density at radius 2 is 1.54 bits per heavy atom. The molecule has 1 heterocycles. The van der Waals surface area contributed by atoms with Gasteiger partial charge in [0.25, 0.3) is 11.8 Å². The summed E-state index contributed by atoms with van der Waals surface area (Å²) in [5, 5.41) is 0. The topological polar surface area (TPSA) is 96.0 Å². The van der Waals surface area contributed by atoms with Gasteiger partial charge in [0.15, 0.2) is 0 Å². The lowest BCUT2D eigenvalue weighted by Crippen LogP contribution is -2.40. The van der Waals surface area contributed by atoms with E-state index in [0.717, 1.165) is 37.8 Å². The summed E-state index contributed by atoms with van der Waals surface area (Å²) < 4.78 is 33.6. The molecule has 0 aliphatic carbocycles. The van der Waals surface area contributed by atoms with Crippen LogP contribution in [0, 0.1) is 0 Å². The third kappa shape index (κ3) is 8.46. The second-order valence-corrected chi connectivity index (χ2v) is 12.3. The van der Waals surface area contributed by atoms with Crippen LogP contribution < -0.4 is 4.72 Å². The molecule has 0 fully saturated rings. The number of hydrogen-bond donors (Lipinski definition) is 1. The van der Waals surface area contributed by atoms with Gasteiger partial charge in [-0.05, 0) is 70.5 Å². The van der Waals surface area contributed by atoms with E-state index in [2.05, 4.69) is 9.62 Å². The lowest BCUT2D eigenvalue weighted by molar-refractivity contribution is 0.0650. The van der Waals surface area contributed by atoms with Crippen molar-refractivity contribution in [1.82, 2.24) is 14.5 Å². The van der Waals surface area contributed by atoms with E-state index in [4.69, 9.17) is 4.74 Å². The van der Waals surface area contributed by atoms with E-state index in [9.17, 15) is 18.0 Å². The molecule has 2 aromatic rings. The van der Waals surface area contributed by atoms with Gasteiger partial charge in [0, 0.05) is 31.8 Å². The molecule has 0 spiro atoms. The van der Waals surface area contributed by atoms with Crippen molar-refractivity contribution in [3.63, 3.8) is 0 Å². The third-order valence-corrected chi connectivity index (χ3v) is 7.77. The summed E-state index contributed by atoms with van der Waals surface area (Å²) in [6.45, 7) is 8.52. The number of ether oxygens (including phenoxy) is 1. The Balaban J connectivity index is 1.28. The minimum Gasteiger partial charge on any atom is -0.380 e.